The summed E-state index contributed by atoms with van der Waals surface area (Å²) in [6, 6.07) is 3.78. The lowest BCUT2D eigenvalue weighted by Crippen LogP contribution is -2.55. The van der Waals surface area contributed by atoms with Crippen LogP contribution in [0, 0.1) is 5.41 Å². The Labute approximate surface area is 105 Å². The molecule has 98 valence electrons. The molecule has 2 fully saturated rings. The van der Waals surface area contributed by atoms with E-state index >= 15 is 0 Å². The monoisotopic (exact) mass is 253 g/mol. The fourth-order valence-corrected chi connectivity index (χ4v) is 3.04. The van der Waals surface area contributed by atoms with Gasteiger partial charge in [0.1, 0.15) is 0 Å². The molecule has 3 rings (SSSR count). The van der Waals surface area contributed by atoms with Crippen LogP contribution in [-0.4, -0.2) is 37.1 Å². The Kier molecular flexibility index (Phi) is 2.73. The lowest BCUT2D eigenvalue weighted by Gasteiger charge is -2.41. The van der Waals surface area contributed by atoms with Crippen LogP contribution >= 0.6 is 0 Å². The van der Waals surface area contributed by atoms with Gasteiger partial charge in [-0.1, -0.05) is 0 Å². The molecular formula is C13H17F2N3. The number of pyridine rings is 1. The van der Waals surface area contributed by atoms with Gasteiger partial charge in [0.15, 0.2) is 0 Å². The summed E-state index contributed by atoms with van der Waals surface area (Å²) < 4.78 is 28.3. The predicted molar refractivity (Wildman–Crippen MR) is 65.9 cm³/mol. The van der Waals surface area contributed by atoms with Gasteiger partial charge in [-0.05, 0) is 18.6 Å². The van der Waals surface area contributed by atoms with Gasteiger partial charge in [0.05, 0.1) is 17.3 Å². The third-order valence-electron chi connectivity index (χ3n) is 4.22. The first kappa shape index (κ1) is 11.8. The zero-order chi connectivity index (χ0) is 12.6. The number of piperidine rings is 1. The maximum absolute atomic E-state index is 14.2. The third kappa shape index (κ3) is 1.77. The molecular weight excluding hydrogens is 236 g/mol. The molecule has 2 aliphatic rings. The number of nitrogens with zero attached hydrogens (tertiary/aromatic N) is 2. The van der Waals surface area contributed by atoms with Crippen molar-refractivity contribution >= 4 is 5.69 Å². The molecule has 2 aliphatic heterocycles. The minimum Gasteiger partial charge on any atom is -0.369 e. The molecule has 0 unspecified atom stereocenters. The van der Waals surface area contributed by atoms with E-state index in [0.717, 1.165) is 5.69 Å². The predicted octanol–water partition coefficient (Wildman–Crippen LogP) is 1.91. The number of hydrogen-bond donors (Lipinski definition) is 1. The van der Waals surface area contributed by atoms with Crippen LogP contribution in [-0.2, 0) is 0 Å². The number of hydrogen-bond acceptors (Lipinski definition) is 3. The van der Waals surface area contributed by atoms with Crippen molar-refractivity contribution in [3.63, 3.8) is 0 Å². The molecule has 1 aromatic heterocycles. The highest BCUT2D eigenvalue weighted by atomic mass is 19.3. The lowest BCUT2D eigenvalue weighted by molar-refractivity contribution is -0.131. The van der Waals surface area contributed by atoms with E-state index in [0.29, 0.717) is 32.6 Å². The summed E-state index contributed by atoms with van der Waals surface area (Å²) >= 11 is 0. The summed E-state index contributed by atoms with van der Waals surface area (Å²) in [4.78, 5) is 6.08. The van der Waals surface area contributed by atoms with Gasteiger partial charge in [0, 0.05) is 38.8 Å². The van der Waals surface area contributed by atoms with E-state index in [1.54, 1.807) is 12.4 Å². The molecule has 3 heterocycles. The van der Waals surface area contributed by atoms with Crippen molar-refractivity contribution in [2.75, 3.05) is 31.1 Å². The van der Waals surface area contributed by atoms with Gasteiger partial charge in [-0.3, -0.25) is 4.98 Å². The maximum atomic E-state index is 14.2. The van der Waals surface area contributed by atoms with E-state index in [1.807, 2.05) is 17.0 Å². The SMILES string of the molecule is FC1(F)CCNC[C@]12CCN(c1cccnc1)C2. The fourth-order valence-electron chi connectivity index (χ4n) is 3.04. The van der Waals surface area contributed by atoms with Crippen LogP contribution in [0.4, 0.5) is 14.5 Å². The van der Waals surface area contributed by atoms with Crippen molar-refractivity contribution in [3.05, 3.63) is 24.5 Å². The van der Waals surface area contributed by atoms with Crippen LogP contribution in [0.1, 0.15) is 12.8 Å². The fraction of sp³-hybridized carbons (Fsp3) is 0.615. The summed E-state index contributed by atoms with van der Waals surface area (Å²) in [5.41, 5.74) is 0.0388. The standard InChI is InChI=1S/C13H17F2N3/c14-13(15)3-6-17-9-12(13)4-7-18(10-12)11-2-1-5-16-8-11/h1-2,5,8,17H,3-4,6-7,9-10H2/t12-/m0/s1. The molecule has 1 atom stereocenters. The molecule has 0 amide bonds. The first-order chi connectivity index (χ1) is 8.63. The average molecular weight is 253 g/mol. The second-order valence-electron chi connectivity index (χ2n) is 5.29. The number of halogens is 2. The molecule has 0 bridgehead atoms. The Hall–Kier alpha value is -1.23. The van der Waals surface area contributed by atoms with E-state index in [9.17, 15) is 8.78 Å². The van der Waals surface area contributed by atoms with Gasteiger partial charge < -0.3 is 10.2 Å². The van der Waals surface area contributed by atoms with Crippen molar-refractivity contribution in [1.29, 1.82) is 0 Å². The highest BCUT2D eigenvalue weighted by molar-refractivity contribution is 5.45. The van der Waals surface area contributed by atoms with Gasteiger partial charge in [0.25, 0.3) is 5.92 Å². The Morgan fingerprint density at radius 2 is 2.22 bits per heavy atom. The van der Waals surface area contributed by atoms with Crippen LogP contribution in [0.25, 0.3) is 0 Å². The maximum Gasteiger partial charge on any atom is 0.257 e. The van der Waals surface area contributed by atoms with Crippen molar-refractivity contribution in [1.82, 2.24) is 10.3 Å². The highest BCUT2D eigenvalue weighted by Gasteiger charge is 2.57. The van der Waals surface area contributed by atoms with Crippen LogP contribution in [0.5, 0.6) is 0 Å². The molecule has 0 saturated carbocycles. The minimum atomic E-state index is -2.56. The van der Waals surface area contributed by atoms with Gasteiger partial charge in [0.2, 0.25) is 0 Å². The molecule has 2 saturated heterocycles. The van der Waals surface area contributed by atoms with Crippen molar-refractivity contribution in [2.24, 2.45) is 5.41 Å². The Balaban J connectivity index is 1.82. The summed E-state index contributed by atoms with van der Waals surface area (Å²) in [7, 11) is 0. The number of alkyl halides is 2. The van der Waals surface area contributed by atoms with Gasteiger partial charge in [-0.2, -0.15) is 0 Å². The van der Waals surface area contributed by atoms with E-state index in [1.165, 1.54) is 0 Å². The summed E-state index contributed by atoms with van der Waals surface area (Å²) in [5.74, 6) is -2.56. The van der Waals surface area contributed by atoms with Crippen LogP contribution in [0.3, 0.4) is 0 Å². The summed E-state index contributed by atoms with van der Waals surface area (Å²) in [6.07, 6.45) is 3.94. The first-order valence-electron chi connectivity index (χ1n) is 6.37. The summed E-state index contributed by atoms with van der Waals surface area (Å²) in [5, 5.41) is 3.12. The van der Waals surface area contributed by atoms with Gasteiger partial charge in [-0.25, -0.2) is 8.78 Å². The van der Waals surface area contributed by atoms with Crippen LogP contribution in [0.15, 0.2) is 24.5 Å². The molecule has 1 aromatic rings. The van der Waals surface area contributed by atoms with E-state index in [-0.39, 0.29) is 6.42 Å². The van der Waals surface area contributed by atoms with E-state index in [2.05, 4.69) is 10.3 Å². The molecule has 18 heavy (non-hydrogen) atoms. The second kappa shape index (κ2) is 4.16. The number of aromatic nitrogens is 1. The quantitative estimate of drug-likeness (QED) is 0.828. The Morgan fingerprint density at radius 1 is 1.33 bits per heavy atom. The zero-order valence-corrected chi connectivity index (χ0v) is 10.2. The van der Waals surface area contributed by atoms with Crippen LogP contribution in [0.2, 0.25) is 0 Å². The molecule has 0 aliphatic carbocycles. The number of nitrogens with one attached hydrogen (secondary N) is 1. The molecule has 3 nitrogen and oxygen atoms in total. The van der Waals surface area contributed by atoms with Crippen LogP contribution < -0.4 is 10.2 Å². The zero-order valence-electron chi connectivity index (χ0n) is 10.2. The number of anilines is 1. The average Bonchev–Trinajstić information content (AvgIpc) is 2.81. The minimum absolute atomic E-state index is 0.0477. The van der Waals surface area contributed by atoms with E-state index in [4.69, 9.17) is 0 Å². The largest absolute Gasteiger partial charge is 0.369 e. The van der Waals surface area contributed by atoms with Crippen molar-refractivity contribution in [3.8, 4) is 0 Å². The normalized spacial score (nSPS) is 30.9. The van der Waals surface area contributed by atoms with Gasteiger partial charge in [-0.15, -0.1) is 0 Å². The van der Waals surface area contributed by atoms with Crippen molar-refractivity contribution < 1.29 is 8.78 Å². The highest BCUT2D eigenvalue weighted by Crippen LogP contribution is 2.48. The molecule has 0 aromatic carbocycles. The first-order valence-corrected chi connectivity index (χ1v) is 6.37. The van der Waals surface area contributed by atoms with E-state index < -0.39 is 11.3 Å². The number of rotatable bonds is 1. The smallest absolute Gasteiger partial charge is 0.257 e. The molecule has 0 radical (unpaired) electrons. The summed E-state index contributed by atoms with van der Waals surface area (Å²) in [6.45, 7) is 1.93. The second-order valence-corrected chi connectivity index (χ2v) is 5.29. The molecule has 1 spiro atoms. The topological polar surface area (TPSA) is 28.2 Å². The lowest BCUT2D eigenvalue weighted by atomic mass is 9.76. The van der Waals surface area contributed by atoms with Gasteiger partial charge >= 0.3 is 0 Å². The Bertz CT molecular complexity index is 424. The molecule has 5 heteroatoms. The Morgan fingerprint density at radius 3 is 2.94 bits per heavy atom. The molecule has 1 N–H and O–H groups in total. The van der Waals surface area contributed by atoms with Crippen molar-refractivity contribution in [2.45, 2.75) is 18.8 Å². The third-order valence-corrected chi connectivity index (χ3v) is 4.22.